The van der Waals surface area contributed by atoms with E-state index < -0.39 is 0 Å². The van der Waals surface area contributed by atoms with Gasteiger partial charge in [0.25, 0.3) is 0 Å². The Morgan fingerprint density at radius 1 is 1.25 bits per heavy atom. The Bertz CT molecular complexity index is 398. The number of hydrogen-bond acceptors (Lipinski definition) is 4. The van der Waals surface area contributed by atoms with E-state index in [4.69, 9.17) is 10.2 Å². The molecule has 2 aliphatic rings. The lowest BCUT2D eigenvalue weighted by atomic mass is 10.1. The lowest BCUT2D eigenvalue weighted by Crippen LogP contribution is -2.43. The van der Waals surface area contributed by atoms with E-state index in [2.05, 4.69) is 22.8 Å². The predicted molar refractivity (Wildman–Crippen MR) is 80.5 cm³/mol. The zero-order valence-corrected chi connectivity index (χ0v) is 12.5. The Morgan fingerprint density at radius 3 is 2.70 bits per heavy atom. The van der Waals surface area contributed by atoms with Gasteiger partial charge in [0, 0.05) is 25.2 Å². The topological polar surface area (TPSA) is 45.6 Å². The molecular formula is C16H27N3O. The molecule has 3 rings (SSSR count). The zero-order valence-electron chi connectivity index (χ0n) is 12.5. The highest BCUT2D eigenvalue weighted by Crippen LogP contribution is 2.30. The molecule has 0 radical (unpaired) electrons. The third kappa shape index (κ3) is 2.92. The van der Waals surface area contributed by atoms with Crippen molar-refractivity contribution in [3.8, 4) is 0 Å². The van der Waals surface area contributed by atoms with E-state index in [0.717, 1.165) is 18.8 Å². The fourth-order valence-corrected chi connectivity index (χ4v) is 3.83. The van der Waals surface area contributed by atoms with Gasteiger partial charge in [0.1, 0.15) is 5.76 Å². The zero-order chi connectivity index (χ0) is 13.9. The first-order valence-electron chi connectivity index (χ1n) is 8.03. The van der Waals surface area contributed by atoms with Crippen LogP contribution in [0.25, 0.3) is 0 Å². The largest absolute Gasteiger partial charge is 0.468 e. The number of nitrogens with two attached hydrogens (primary N) is 1. The van der Waals surface area contributed by atoms with E-state index in [9.17, 15) is 0 Å². The van der Waals surface area contributed by atoms with Gasteiger partial charge in [0.15, 0.2) is 0 Å². The van der Waals surface area contributed by atoms with Gasteiger partial charge >= 0.3 is 0 Å². The summed E-state index contributed by atoms with van der Waals surface area (Å²) in [5.74, 6) is 1.01. The monoisotopic (exact) mass is 277 g/mol. The average molecular weight is 277 g/mol. The van der Waals surface area contributed by atoms with Gasteiger partial charge < -0.3 is 10.2 Å². The van der Waals surface area contributed by atoms with Crippen LogP contribution in [-0.4, -0.2) is 48.1 Å². The van der Waals surface area contributed by atoms with Crippen LogP contribution in [0.3, 0.4) is 0 Å². The fourth-order valence-electron chi connectivity index (χ4n) is 3.83. The first kappa shape index (κ1) is 14.1. The molecule has 0 amide bonds. The van der Waals surface area contributed by atoms with Crippen molar-refractivity contribution in [2.75, 3.05) is 26.2 Å². The van der Waals surface area contributed by atoms with Crippen LogP contribution >= 0.6 is 0 Å². The van der Waals surface area contributed by atoms with Gasteiger partial charge in [0.2, 0.25) is 0 Å². The summed E-state index contributed by atoms with van der Waals surface area (Å²) in [5.41, 5.74) is 6.22. The molecule has 112 valence electrons. The second-order valence-corrected chi connectivity index (χ2v) is 6.35. The molecular weight excluding hydrogens is 250 g/mol. The third-order valence-corrected chi connectivity index (χ3v) is 4.83. The van der Waals surface area contributed by atoms with Gasteiger partial charge in [-0.05, 0) is 51.4 Å². The molecule has 0 spiro atoms. The van der Waals surface area contributed by atoms with Gasteiger partial charge in [0.05, 0.1) is 12.3 Å². The number of nitrogens with zero attached hydrogens (tertiary/aromatic N) is 2. The summed E-state index contributed by atoms with van der Waals surface area (Å²) >= 11 is 0. The Labute approximate surface area is 121 Å². The molecule has 0 bridgehead atoms. The van der Waals surface area contributed by atoms with E-state index in [1.807, 2.05) is 6.07 Å². The summed E-state index contributed by atoms with van der Waals surface area (Å²) in [4.78, 5) is 5.20. The summed E-state index contributed by atoms with van der Waals surface area (Å²) in [7, 11) is 0. The van der Waals surface area contributed by atoms with Crippen molar-refractivity contribution >= 4 is 0 Å². The van der Waals surface area contributed by atoms with E-state index in [1.54, 1.807) is 6.26 Å². The molecule has 1 aromatic rings. The minimum atomic E-state index is 0.0984. The second kappa shape index (κ2) is 6.29. The van der Waals surface area contributed by atoms with Crippen molar-refractivity contribution in [1.29, 1.82) is 0 Å². The highest BCUT2D eigenvalue weighted by atomic mass is 16.3. The number of piperidine rings is 1. The van der Waals surface area contributed by atoms with Gasteiger partial charge in [-0.1, -0.05) is 6.42 Å². The van der Waals surface area contributed by atoms with Crippen molar-refractivity contribution in [2.45, 2.75) is 50.7 Å². The molecule has 1 aromatic heterocycles. The summed E-state index contributed by atoms with van der Waals surface area (Å²) in [5, 5.41) is 0. The first-order chi connectivity index (χ1) is 9.75. The first-order valence-corrected chi connectivity index (χ1v) is 8.03. The molecule has 0 aromatic carbocycles. The van der Waals surface area contributed by atoms with E-state index >= 15 is 0 Å². The highest BCUT2D eigenvalue weighted by molar-refractivity contribution is 5.08. The maximum Gasteiger partial charge on any atom is 0.122 e. The molecule has 3 heterocycles. The van der Waals surface area contributed by atoms with E-state index in [0.29, 0.717) is 6.04 Å². The number of likely N-dealkylation sites (tertiary alicyclic amines) is 2. The minimum absolute atomic E-state index is 0.0984. The number of furan rings is 1. The maximum absolute atomic E-state index is 6.22. The van der Waals surface area contributed by atoms with Gasteiger partial charge in [-0.25, -0.2) is 0 Å². The van der Waals surface area contributed by atoms with Crippen molar-refractivity contribution in [1.82, 2.24) is 9.80 Å². The highest BCUT2D eigenvalue weighted by Gasteiger charge is 2.35. The molecule has 4 nitrogen and oxygen atoms in total. The minimum Gasteiger partial charge on any atom is -0.468 e. The van der Waals surface area contributed by atoms with Crippen LogP contribution in [-0.2, 0) is 0 Å². The average Bonchev–Trinajstić information content (AvgIpc) is 3.12. The summed E-state index contributed by atoms with van der Waals surface area (Å²) in [6, 6.07) is 5.05. The summed E-state index contributed by atoms with van der Waals surface area (Å²) in [6.45, 7) is 6.91. The van der Waals surface area contributed by atoms with Gasteiger partial charge in [-0.2, -0.15) is 0 Å². The van der Waals surface area contributed by atoms with Gasteiger partial charge in [-0.3, -0.25) is 9.80 Å². The molecule has 2 fully saturated rings. The van der Waals surface area contributed by atoms with E-state index in [-0.39, 0.29) is 12.1 Å². The van der Waals surface area contributed by atoms with Gasteiger partial charge in [-0.15, -0.1) is 0 Å². The molecule has 4 heteroatoms. The SMILES string of the molecule is CC(N)C(c1ccco1)N1CCC(N2CCCCC2)C1. The lowest BCUT2D eigenvalue weighted by Gasteiger charge is -2.34. The van der Waals surface area contributed by atoms with E-state index in [1.165, 1.54) is 38.8 Å². The van der Waals surface area contributed by atoms with Crippen molar-refractivity contribution in [3.63, 3.8) is 0 Å². The molecule has 2 N–H and O–H groups in total. The fraction of sp³-hybridized carbons (Fsp3) is 0.750. The smallest absolute Gasteiger partial charge is 0.122 e. The summed E-state index contributed by atoms with van der Waals surface area (Å²) in [6.07, 6.45) is 7.16. The second-order valence-electron chi connectivity index (χ2n) is 6.35. The van der Waals surface area contributed by atoms with Crippen molar-refractivity contribution < 1.29 is 4.42 Å². The van der Waals surface area contributed by atoms with Crippen LogP contribution in [0.4, 0.5) is 0 Å². The molecule has 0 saturated carbocycles. The summed E-state index contributed by atoms with van der Waals surface area (Å²) < 4.78 is 5.61. The van der Waals surface area contributed by atoms with Crippen molar-refractivity contribution in [2.24, 2.45) is 5.73 Å². The Morgan fingerprint density at radius 2 is 2.05 bits per heavy atom. The number of rotatable bonds is 4. The standard InChI is InChI=1S/C16H27N3O/c1-13(17)16(15-6-5-11-20-15)19-10-7-14(12-19)18-8-3-2-4-9-18/h5-6,11,13-14,16H,2-4,7-10,12,17H2,1H3. The normalized spacial score (nSPS) is 28.6. The number of hydrogen-bond donors (Lipinski definition) is 1. The quantitative estimate of drug-likeness (QED) is 0.916. The molecule has 3 atom stereocenters. The van der Waals surface area contributed by atoms with Crippen LogP contribution in [0.15, 0.2) is 22.8 Å². The van der Waals surface area contributed by atoms with Crippen LogP contribution in [0.1, 0.15) is 44.4 Å². The van der Waals surface area contributed by atoms with Crippen LogP contribution < -0.4 is 5.73 Å². The molecule has 3 unspecified atom stereocenters. The molecule has 2 saturated heterocycles. The van der Waals surface area contributed by atoms with Crippen LogP contribution in [0.5, 0.6) is 0 Å². The lowest BCUT2D eigenvalue weighted by molar-refractivity contribution is 0.139. The maximum atomic E-state index is 6.22. The molecule has 0 aliphatic carbocycles. The molecule has 20 heavy (non-hydrogen) atoms. The Kier molecular flexibility index (Phi) is 4.44. The molecule has 2 aliphatic heterocycles. The third-order valence-electron chi connectivity index (χ3n) is 4.83. The predicted octanol–water partition coefficient (Wildman–Crippen LogP) is 2.23. The van der Waals surface area contributed by atoms with Crippen molar-refractivity contribution in [3.05, 3.63) is 24.2 Å². The van der Waals surface area contributed by atoms with Crippen LogP contribution in [0.2, 0.25) is 0 Å². The Hall–Kier alpha value is -0.840. The van der Waals surface area contributed by atoms with Crippen LogP contribution in [0, 0.1) is 0 Å². The Balaban J connectivity index is 1.65.